The predicted octanol–water partition coefficient (Wildman–Crippen LogP) is 3.34. The second-order valence-corrected chi connectivity index (χ2v) is 10.6. The molecule has 2 unspecified atom stereocenters. The minimum Gasteiger partial charge on any atom is -0.444 e. The molecule has 0 aliphatic rings. The van der Waals surface area contributed by atoms with Crippen LogP contribution in [-0.4, -0.2) is 70.8 Å². The number of carbonyl (C=O) groups is 3. The number of nitrogens with zero attached hydrogens (tertiary/aromatic N) is 1. The van der Waals surface area contributed by atoms with Crippen LogP contribution in [0.2, 0.25) is 0 Å². The fourth-order valence-corrected chi connectivity index (χ4v) is 3.96. The first-order valence-corrected chi connectivity index (χ1v) is 13.0. The van der Waals surface area contributed by atoms with Crippen LogP contribution in [0.15, 0.2) is 18.2 Å². The van der Waals surface area contributed by atoms with Gasteiger partial charge in [0.25, 0.3) is 0 Å². The Morgan fingerprint density at radius 1 is 1.15 bits per heavy atom. The van der Waals surface area contributed by atoms with Gasteiger partial charge in [-0.15, -0.1) is 0 Å². The van der Waals surface area contributed by atoms with Crippen molar-refractivity contribution in [3.8, 4) is 0 Å². The summed E-state index contributed by atoms with van der Waals surface area (Å²) in [5.41, 5.74) is 1.76. The number of aryl methyl sites for hydroxylation is 2. The lowest BCUT2D eigenvalue weighted by atomic mass is 9.96. The van der Waals surface area contributed by atoms with Gasteiger partial charge < -0.3 is 25.4 Å². The van der Waals surface area contributed by atoms with Crippen molar-refractivity contribution in [1.82, 2.24) is 15.5 Å². The van der Waals surface area contributed by atoms with Gasteiger partial charge in [0.05, 0.1) is 6.61 Å². The molecule has 0 aromatic heterocycles. The highest BCUT2D eigenvalue weighted by atomic mass is 32.2. The van der Waals surface area contributed by atoms with Crippen LogP contribution in [0.25, 0.3) is 0 Å². The third-order valence-corrected chi connectivity index (χ3v) is 5.59. The summed E-state index contributed by atoms with van der Waals surface area (Å²) < 4.78 is 5.36. The SMILES string of the molecule is CSCCC(NC(=O)OC(C)(C)C)C(=O)N(CCO)C(C(=O)NC(C)C)c1cc(C)ccc1C. The molecular weight excluding hydrogens is 454 g/mol. The van der Waals surface area contributed by atoms with E-state index >= 15 is 0 Å². The molecule has 0 saturated heterocycles. The maximum absolute atomic E-state index is 13.8. The lowest BCUT2D eigenvalue weighted by molar-refractivity contribution is -0.143. The summed E-state index contributed by atoms with van der Waals surface area (Å²) in [5, 5.41) is 15.4. The zero-order valence-electron chi connectivity index (χ0n) is 21.7. The van der Waals surface area contributed by atoms with Gasteiger partial charge in [-0.25, -0.2) is 4.79 Å². The smallest absolute Gasteiger partial charge is 0.408 e. The first kappa shape index (κ1) is 29.8. The van der Waals surface area contributed by atoms with E-state index in [1.165, 1.54) is 4.90 Å². The fourth-order valence-electron chi connectivity index (χ4n) is 3.49. The Morgan fingerprint density at radius 2 is 1.79 bits per heavy atom. The summed E-state index contributed by atoms with van der Waals surface area (Å²) in [5.74, 6) is -0.170. The molecule has 1 aromatic carbocycles. The first-order valence-electron chi connectivity index (χ1n) is 11.6. The number of hydrogen-bond donors (Lipinski definition) is 3. The van der Waals surface area contributed by atoms with Gasteiger partial charge in [-0.2, -0.15) is 11.8 Å². The minimum absolute atomic E-state index is 0.0613. The second kappa shape index (κ2) is 13.6. The normalized spacial score (nSPS) is 13.2. The van der Waals surface area contributed by atoms with Crippen molar-refractivity contribution in [1.29, 1.82) is 0 Å². The van der Waals surface area contributed by atoms with Crippen LogP contribution in [-0.2, 0) is 14.3 Å². The number of hydrogen-bond acceptors (Lipinski definition) is 6. The van der Waals surface area contributed by atoms with Crippen molar-refractivity contribution in [2.24, 2.45) is 0 Å². The number of aliphatic hydroxyl groups is 1. The van der Waals surface area contributed by atoms with Gasteiger partial charge in [-0.3, -0.25) is 9.59 Å². The molecule has 0 saturated carbocycles. The highest BCUT2D eigenvalue weighted by Crippen LogP contribution is 2.27. The Kier molecular flexibility index (Phi) is 11.9. The van der Waals surface area contributed by atoms with E-state index in [0.717, 1.165) is 11.1 Å². The zero-order chi connectivity index (χ0) is 26.1. The van der Waals surface area contributed by atoms with E-state index in [-0.39, 0.29) is 25.1 Å². The molecule has 0 heterocycles. The van der Waals surface area contributed by atoms with Crippen LogP contribution in [0.1, 0.15) is 63.8 Å². The molecule has 1 rings (SSSR count). The van der Waals surface area contributed by atoms with E-state index in [9.17, 15) is 19.5 Å². The number of thioether (sulfide) groups is 1. The molecule has 3 N–H and O–H groups in total. The number of benzene rings is 1. The van der Waals surface area contributed by atoms with Crippen molar-refractivity contribution < 1.29 is 24.2 Å². The third kappa shape index (κ3) is 9.54. The van der Waals surface area contributed by atoms with Crippen molar-refractivity contribution in [3.05, 3.63) is 34.9 Å². The molecule has 0 radical (unpaired) electrons. The summed E-state index contributed by atoms with van der Waals surface area (Å²) in [4.78, 5) is 41.0. The molecule has 0 aliphatic heterocycles. The number of alkyl carbamates (subject to hydrolysis) is 1. The topological polar surface area (TPSA) is 108 Å². The van der Waals surface area contributed by atoms with Gasteiger partial charge >= 0.3 is 6.09 Å². The molecule has 34 heavy (non-hydrogen) atoms. The van der Waals surface area contributed by atoms with E-state index in [2.05, 4.69) is 10.6 Å². The molecule has 0 spiro atoms. The molecule has 0 aliphatic carbocycles. The molecular formula is C25H41N3O5S. The summed E-state index contributed by atoms with van der Waals surface area (Å²) in [6.07, 6.45) is 1.56. The maximum atomic E-state index is 13.8. The van der Waals surface area contributed by atoms with E-state index in [1.807, 2.05) is 52.1 Å². The van der Waals surface area contributed by atoms with E-state index < -0.39 is 29.7 Å². The van der Waals surface area contributed by atoms with Crippen LogP contribution in [0.4, 0.5) is 4.79 Å². The maximum Gasteiger partial charge on any atom is 0.408 e. The molecule has 9 heteroatoms. The molecule has 3 amide bonds. The quantitative estimate of drug-likeness (QED) is 0.435. The molecule has 0 fully saturated rings. The van der Waals surface area contributed by atoms with Crippen LogP contribution in [0.5, 0.6) is 0 Å². The Hall–Kier alpha value is -2.26. The Balaban J connectivity index is 3.46. The molecule has 8 nitrogen and oxygen atoms in total. The fraction of sp³-hybridized carbons (Fsp3) is 0.640. The standard InChI is InChI=1S/C25H41N3O5S/c1-16(2)26-22(30)21(19-15-17(3)9-10-18(19)4)28(12-13-29)23(31)20(11-14-34-8)27-24(32)33-25(5,6)7/h9-10,15-16,20-21,29H,11-14H2,1-8H3,(H,26,30)(H,27,32). The van der Waals surface area contributed by atoms with Gasteiger partial charge in [0.1, 0.15) is 17.7 Å². The van der Waals surface area contributed by atoms with Gasteiger partial charge in [0.2, 0.25) is 11.8 Å². The van der Waals surface area contributed by atoms with E-state index in [4.69, 9.17) is 4.74 Å². The van der Waals surface area contributed by atoms with Gasteiger partial charge in [0, 0.05) is 12.6 Å². The average molecular weight is 496 g/mol. The van der Waals surface area contributed by atoms with Gasteiger partial charge in [-0.1, -0.05) is 23.8 Å². The number of rotatable bonds is 11. The van der Waals surface area contributed by atoms with E-state index in [0.29, 0.717) is 17.7 Å². The Morgan fingerprint density at radius 3 is 2.32 bits per heavy atom. The van der Waals surface area contributed by atoms with Gasteiger partial charge in [-0.05, 0) is 78.0 Å². The Labute approximate surface area is 208 Å². The van der Waals surface area contributed by atoms with Crippen molar-refractivity contribution in [2.75, 3.05) is 25.2 Å². The summed E-state index contributed by atoms with van der Waals surface area (Å²) in [6, 6.07) is 3.73. The van der Waals surface area contributed by atoms with E-state index in [1.54, 1.807) is 32.5 Å². The largest absolute Gasteiger partial charge is 0.444 e. The van der Waals surface area contributed by atoms with Crippen LogP contribution in [0.3, 0.4) is 0 Å². The van der Waals surface area contributed by atoms with Crippen LogP contribution in [0, 0.1) is 13.8 Å². The molecule has 0 bridgehead atoms. The second-order valence-electron chi connectivity index (χ2n) is 9.66. The zero-order valence-corrected chi connectivity index (χ0v) is 22.5. The highest BCUT2D eigenvalue weighted by Gasteiger charge is 2.36. The number of amides is 3. The summed E-state index contributed by atoms with van der Waals surface area (Å²) in [7, 11) is 0. The summed E-state index contributed by atoms with van der Waals surface area (Å²) in [6.45, 7) is 12.4. The lowest BCUT2D eigenvalue weighted by Gasteiger charge is -2.35. The monoisotopic (exact) mass is 495 g/mol. The summed E-state index contributed by atoms with van der Waals surface area (Å²) >= 11 is 1.55. The van der Waals surface area contributed by atoms with Crippen molar-refractivity contribution >= 4 is 29.7 Å². The first-order chi connectivity index (χ1) is 15.8. The van der Waals surface area contributed by atoms with Crippen LogP contribution < -0.4 is 10.6 Å². The highest BCUT2D eigenvalue weighted by molar-refractivity contribution is 7.98. The van der Waals surface area contributed by atoms with Crippen molar-refractivity contribution in [3.63, 3.8) is 0 Å². The number of nitrogens with one attached hydrogen (secondary N) is 2. The van der Waals surface area contributed by atoms with Gasteiger partial charge in [0.15, 0.2) is 0 Å². The third-order valence-electron chi connectivity index (χ3n) is 4.94. The Bertz CT molecular complexity index is 838. The van der Waals surface area contributed by atoms with Crippen LogP contribution >= 0.6 is 11.8 Å². The molecule has 192 valence electrons. The van der Waals surface area contributed by atoms with Crippen molar-refractivity contribution in [2.45, 2.75) is 78.6 Å². The number of carbonyl (C=O) groups excluding carboxylic acids is 3. The minimum atomic E-state index is -0.959. The number of ether oxygens (including phenoxy) is 1. The number of aliphatic hydroxyl groups excluding tert-OH is 1. The predicted molar refractivity (Wildman–Crippen MR) is 137 cm³/mol. The lowest BCUT2D eigenvalue weighted by Crippen LogP contribution is -2.54. The molecule has 2 atom stereocenters. The average Bonchev–Trinajstić information content (AvgIpc) is 2.70. The molecule has 1 aromatic rings.